The maximum atomic E-state index is 11.9. The van der Waals surface area contributed by atoms with Crippen molar-refractivity contribution < 1.29 is 4.79 Å². The van der Waals surface area contributed by atoms with E-state index in [2.05, 4.69) is 5.32 Å². The van der Waals surface area contributed by atoms with Crippen molar-refractivity contribution >= 4 is 5.91 Å². The van der Waals surface area contributed by atoms with Crippen LogP contribution >= 0.6 is 0 Å². The van der Waals surface area contributed by atoms with E-state index >= 15 is 0 Å². The van der Waals surface area contributed by atoms with Gasteiger partial charge in [0.15, 0.2) is 0 Å². The molecule has 3 atom stereocenters. The van der Waals surface area contributed by atoms with Gasteiger partial charge in [-0.05, 0) is 18.4 Å². The second kappa shape index (κ2) is 6.40. The molecule has 3 N–H and O–H groups in total. The lowest BCUT2D eigenvalue weighted by Gasteiger charge is -2.21. The Morgan fingerprint density at radius 3 is 2.41 bits per heavy atom. The molecule has 0 radical (unpaired) electrons. The Morgan fingerprint density at radius 2 is 1.88 bits per heavy atom. The van der Waals surface area contributed by atoms with Gasteiger partial charge in [-0.25, -0.2) is 0 Å². The van der Waals surface area contributed by atoms with Gasteiger partial charge in [0.05, 0.1) is 12.1 Å². The first-order valence-corrected chi connectivity index (χ1v) is 6.17. The summed E-state index contributed by atoms with van der Waals surface area (Å²) in [6, 6.07) is 9.46. The zero-order valence-electron chi connectivity index (χ0n) is 10.8. The number of hydrogen-bond donors (Lipinski definition) is 2. The van der Waals surface area contributed by atoms with Crippen molar-refractivity contribution in [3.05, 3.63) is 35.9 Å². The quantitative estimate of drug-likeness (QED) is 0.821. The molecule has 0 aliphatic carbocycles. The molecule has 0 saturated carbocycles. The minimum atomic E-state index is -0.425. The smallest absolute Gasteiger partial charge is 0.237 e. The largest absolute Gasteiger partial charge is 0.348 e. The van der Waals surface area contributed by atoms with Crippen LogP contribution in [0.1, 0.15) is 38.8 Å². The van der Waals surface area contributed by atoms with Gasteiger partial charge >= 0.3 is 0 Å². The molecular weight excluding hydrogens is 212 g/mol. The molecule has 0 heterocycles. The third kappa shape index (κ3) is 3.86. The summed E-state index contributed by atoms with van der Waals surface area (Å²) in [6.45, 7) is 6.01. The monoisotopic (exact) mass is 234 g/mol. The van der Waals surface area contributed by atoms with Gasteiger partial charge in [0.25, 0.3) is 0 Å². The summed E-state index contributed by atoms with van der Waals surface area (Å²) in [5.74, 6) is 0.133. The molecule has 3 nitrogen and oxygen atoms in total. The maximum absolute atomic E-state index is 11.9. The van der Waals surface area contributed by atoms with Crippen molar-refractivity contribution in [2.45, 2.75) is 39.3 Å². The highest BCUT2D eigenvalue weighted by Gasteiger charge is 2.20. The molecule has 0 saturated heterocycles. The van der Waals surface area contributed by atoms with E-state index in [0.29, 0.717) is 0 Å². The van der Waals surface area contributed by atoms with Crippen LogP contribution in [0.2, 0.25) is 0 Å². The highest BCUT2D eigenvalue weighted by Crippen LogP contribution is 2.12. The van der Waals surface area contributed by atoms with Crippen LogP contribution in [-0.4, -0.2) is 11.9 Å². The molecule has 94 valence electrons. The van der Waals surface area contributed by atoms with E-state index in [1.54, 1.807) is 0 Å². The molecule has 1 amide bonds. The van der Waals surface area contributed by atoms with Crippen LogP contribution in [0.5, 0.6) is 0 Å². The summed E-state index contributed by atoms with van der Waals surface area (Å²) < 4.78 is 0. The Kier molecular flexibility index (Phi) is 5.16. The third-order valence-electron chi connectivity index (χ3n) is 3.22. The average Bonchev–Trinajstić information content (AvgIpc) is 2.37. The normalized spacial score (nSPS) is 16.0. The summed E-state index contributed by atoms with van der Waals surface area (Å²) in [5, 5.41) is 2.95. The van der Waals surface area contributed by atoms with Gasteiger partial charge in [-0.15, -0.1) is 0 Å². The van der Waals surface area contributed by atoms with Crippen LogP contribution in [0.15, 0.2) is 30.3 Å². The second-order valence-corrected chi connectivity index (χ2v) is 4.55. The fourth-order valence-corrected chi connectivity index (χ4v) is 1.65. The van der Waals surface area contributed by atoms with Crippen LogP contribution in [0.3, 0.4) is 0 Å². The molecule has 0 bridgehead atoms. The number of amides is 1. The van der Waals surface area contributed by atoms with Crippen LogP contribution in [0.4, 0.5) is 0 Å². The van der Waals surface area contributed by atoms with Crippen molar-refractivity contribution in [2.24, 2.45) is 11.7 Å². The minimum Gasteiger partial charge on any atom is -0.348 e. The van der Waals surface area contributed by atoms with E-state index in [0.717, 1.165) is 12.0 Å². The van der Waals surface area contributed by atoms with Crippen molar-refractivity contribution in [1.29, 1.82) is 0 Å². The first-order chi connectivity index (χ1) is 8.06. The SMILES string of the molecule is CC[C@H](C)[C@@H](N)C(=O)N[C@@H](C)c1ccccc1. The zero-order valence-corrected chi connectivity index (χ0v) is 10.8. The molecule has 1 aromatic rings. The number of rotatable bonds is 5. The van der Waals surface area contributed by atoms with E-state index in [1.165, 1.54) is 0 Å². The highest BCUT2D eigenvalue weighted by atomic mass is 16.2. The third-order valence-corrected chi connectivity index (χ3v) is 3.22. The fourth-order valence-electron chi connectivity index (χ4n) is 1.65. The number of carbonyl (C=O) groups is 1. The van der Waals surface area contributed by atoms with Crippen molar-refractivity contribution in [3.63, 3.8) is 0 Å². The summed E-state index contributed by atoms with van der Waals surface area (Å²) in [4.78, 5) is 11.9. The predicted molar refractivity (Wildman–Crippen MR) is 70.4 cm³/mol. The summed E-state index contributed by atoms with van der Waals surface area (Å²) >= 11 is 0. The van der Waals surface area contributed by atoms with Crippen molar-refractivity contribution in [1.82, 2.24) is 5.32 Å². The van der Waals surface area contributed by atoms with E-state index in [-0.39, 0.29) is 17.9 Å². The van der Waals surface area contributed by atoms with Gasteiger partial charge in [0.2, 0.25) is 5.91 Å². The predicted octanol–water partition coefficient (Wildman–Crippen LogP) is 2.24. The molecule has 0 spiro atoms. The van der Waals surface area contributed by atoms with E-state index in [9.17, 15) is 4.79 Å². The lowest BCUT2D eigenvalue weighted by molar-refractivity contribution is -0.124. The fraction of sp³-hybridized carbons (Fsp3) is 0.500. The Bertz CT molecular complexity index is 350. The Balaban J connectivity index is 2.57. The van der Waals surface area contributed by atoms with E-state index in [1.807, 2.05) is 51.1 Å². The summed E-state index contributed by atoms with van der Waals surface area (Å²) in [5.41, 5.74) is 6.98. The first-order valence-electron chi connectivity index (χ1n) is 6.17. The molecule has 1 aromatic carbocycles. The van der Waals surface area contributed by atoms with Crippen LogP contribution in [0.25, 0.3) is 0 Å². The van der Waals surface area contributed by atoms with Gasteiger partial charge in [-0.2, -0.15) is 0 Å². The Hall–Kier alpha value is -1.35. The minimum absolute atomic E-state index is 0.00111. The van der Waals surface area contributed by atoms with Gasteiger partial charge in [-0.1, -0.05) is 50.6 Å². The number of hydrogen-bond acceptors (Lipinski definition) is 2. The number of benzene rings is 1. The topological polar surface area (TPSA) is 55.1 Å². The zero-order chi connectivity index (χ0) is 12.8. The molecule has 1 rings (SSSR count). The lowest BCUT2D eigenvalue weighted by atomic mass is 9.98. The number of carbonyl (C=O) groups excluding carboxylic acids is 1. The molecule has 3 heteroatoms. The molecule has 0 aliphatic heterocycles. The van der Waals surface area contributed by atoms with Crippen molar-refractivity contribution in [2.75, 3.05) is 0 Å². The van der Waals surface area contributed by atoms with E-state index in [4.69, 9.17) is 5.73 Å². The maximum Gasteiger partial charge on any atom is 0.237 e. The van der Waals surface area contributed by atoms with Crippen molar-refractivity contribution in [3.8, 4) is 0 Å². The van der Waals surface area contributed by atoms with Gasteiger partial charge in [0, 0.05) is 0 Å². The first kappa shape index (κ1) is 13.7. The summed E-state index contributed by atoms with van der Waals surface area (Å²) in [6.07, 6.45) is 0.911. The molecular formula is C14H22N2O. The van der Waals surface area contributed by atoms with E-state index < -0.39 is 6.04 Å². The summed E-state index contributed by atoms with van der Waals surface area (Å²) in [7, 11) is 0. The van der Waals surface area contributed by atoms with Crippen LogP contribution in [-0.2, 0) is 4.79 Å². The highest BCUT2D eigenvalue weighted by molar-refractivity contribution is 5.82. The molecule has 17 heavy (non-hydrogen) atoms. The molecule has 0 aromatic heterocycles. The molecule has 0 fully saturated rings. The number of nitrogens with one attached hydrogen (secondary N) is 1. The van der Waals surface area contributed by atoms with Gasteiger partial charge in [0.1, 0.15) is 0 Å². The lowest BCUT2D eigenvalue weighted by Crippen LogP contribution is -2.45. The standard InChI is InChI=1S/C14H22N2O/c1-4-10(2)13(15)14(17)16-11(3)12-8-6-5-7-9-12/h5-11,13H,4,15H2,1-3H3,(H,16,17)/t10-,11-,13+/m0/s1. The second-order valence-electron chi connectivity index (χ2n) is 4.55. The molecule has 0 aliphatic rings. The van der Waals surface area contributed by atoms with Crippen LogP contribution in [0, 0.1) is 5.92 Å². The number of nitrogens with two attached hydrogens (primary N) is 1. The average molecular weight is 234 g/mol. The van der Waals surface area contributed by atoms with Gasteiger partial charge < -0.3 is 11.1 Å². The molecule has 0 unspecified atom stereocenters. The van der Waals surface area contributed by atoms with Crippen LogP contribution < -0.4 is 11.1 Å². The Labute approximate surface area is 103 Å². The Morgan fingerprint density at radius 1 is 1.29 bits per heavy atom. The van der Waals surface area contributed by atoms with Gasteiger partial charge in [-0.3, -0.25) is 4.79 Å².